The van der Waals surface area contributed by atoms with Gasteiger partial charge in [-0.3, -0.25) is 10.1 Å². The van der Waals surface area contributed by atoms with Gasteiger partial charge in [-0.2, -0.15) is 5.26 Å². The first-order valence-electron chi connectivity index (χ1n) is 7.11. The Hall–Kier alpha value is -2.87. The second-order valence-corrected chi connectivity index (χ2v) is 5.11. The van der Waals surface area contributed by atoms with Gasteiger partial charge in [-0.25, -0.2) is 0 Å². The zero-order valence-electron chi connectivity index (χ0n) is 12.3. The maximum Gasteiger partial charge on any atom is 0.269 e. The minimum absolute atomic E-state index is 0.0401. The molecule has 0 amide bonds. The summed E-state index contributed by atoms with van der Waals surface area (Å²) in [5, 5.41) is 20.1. The highest BCUT2D eigenvalue weighted by Gasteiger charge is 2.20. The van der Waals surface area contributed by atoms with E-state index in [2.05, 4.69) is 13.0 Å². The summed E-state index contributed by atoms with van der Waals surface area (Å²) in [5.74, 6) is -0.0401. The van der Waals surface area contributed by atoms with E-state index in [1.54, 1.807) is 30.3 Å². The first-order chi connectivity index (χ1) is 10.6. The van der Waals surface area contributed by atoms with Crippen LogP contribution in [0.3, 0.4) is 0 Å². The molecule has 2 N–H and O–H groups in total. The molecule has 0 saturated carbocycles. The van der Waals surface area contributed by atoms with Crippen molar-refractivity contribution < 1.29 is 4.92 Å². The van der Waals surface area contributed by atoms with Gasteiger partial charge in [0.25, 0.3) is 5.69 Å². The zero-order valence-corrected chi connectivity index (χ0v) is 12.3. The van der Waals surface area contributed by atoms with E-state index in [1.165, 1.54) is 12.1 Å². The van der Waals surface area contributed by atoms with Gasteiger partial charge < -0.3 is 5.73 Å². The minimum atomic E-state index is -0.420. The summed E-state index contributed by atoms with van der Waals surface area (Å²) in [5.41, 5.74) is 9.01. The summed E-state index contributed by atoms with van der Waals surface area (Å²) in [6, 6.07) is 13.9. The first-order valence-corrected chi connectivity index (χ1v) is 7.11. The summed E-state index contributed by atoms with van der Waals surface area (Å²) in [6.07, 6.45) is 1.74. The summed E-state index contributed by atoms with van der Waals surface area (Å²) < 4.78 is 0. The number of nitrogen functional groups attached to an aromatic ring is 1. The highest BCUT2D eigenvalue weighted by atomic mass is 16.6. The number of hydrogen-bond acceptors (Lipinski definition) is 4. The van der Waals surface area contributed by atoms with Crippen molar-refractivity contribution in [2.24, 2.45) is 0 Å². The Morgan fingerprint density at radius 1 is 1.27 bits per heavy atom. The number of nitrogens with zero attached hydrogens (tertiary/aromatic N) is 2. The predicted octanol–water partition coefficient (Wildman–Crippen LogP) is 3.98. The smallest absolute Gasteiger partial charge is 0.269 e. The molecule has 5 nitrogen and oxygen atoms in total. The third-order valence-corrected chi connectivity index (χ3v) is 3.69. The highest BCUT2D eigenvalue weighted by molar-refractivity contribution is 5.59. The lowest BCUT2D eigenvalue weighted by molar-refractivity contribution is -0.384. The van der Waals surface area contributed by atoms with E-state index in [9.17, 15) is 15.4 Å². The van der Waals surface area contributed by atoms with Gasteiger partial charge in [0.2, 0.25) is 0 Å². The fourth-order valence-electron chi connectivity index (χ4n) is 2.66. The number of non-ortho nitro benzene ring substituents is 1. The molecule has 2 aromatic rings. The van der Waals surface area contributed by atoms with Crippen LogP contribution in [0.15, 0.2) is 42.5 Å². The summed E-state index contributed by atoms with van der Waals surface area (Å²) in [7, 11) is 0. The van der Waals surface area contributed by atoms with Crippen LogP contribution in [0.25, 0.3) is 0 Å². The lowest BCUT2D eigenvalue weighted by Gasteiger charge is -2.20. The molecule has 22 heavy (non-hydrogen) atoms. The number of nitriles is 1. The standard InChI is InChI=1S/C17H17N3O2/c1-2-4-15(12-7-9-14(10-8-12)20(21)22)17-13(11-18)5-3-6-16(17)19/h3,5-10,15H,2,4,19H2,1H3. The Labute approximate surface area is 129 Å². The van der Waals surface area contributed by atoms with E-state index in [-0.39, 0.29) is 11.6 Å². The maximum absolute atomic E-state index is 10.8. The second kappa shape index (κ2) is 6.72. The Bertz CT molecular complexity index is 718. The van der Waals surface area contributed by atoms with Gasteiger partial charge in [-0.05, 0) is 24.1 Å². The van der Waals surface area contributed by atoms with Gasteiger partial charge in [-0.15, -0.1) is 0 Å². The molecule has 0 heterocycles. The molecule has 0 aliphatic rings. The molecule has 1 atom stereocenters. The van der Waals surface area contributed by atoms with Crippen LogP contribution in [0.4, 0.5) is 11.4 Å². The molecule has 112 valence electrons. The molecule has 2 rings (SSSR count). The molecule has 0 aromatic heterocycles. The Balaban J connectivity index is 2.51. The molecule has 5 heteroatoms. The van der Waals surface area contributed by atoms with Gasteiger partial charge in [-0.1, -0.05) is 31.5 Å². The molecule has 0 aliphatic carbocycles. The molecule has 0 saturated heterocycles. The number of rotatable bonds is 5. The van der Waals surface area contributed by atoms with Crippen molar-refractivity contribution in [3.63, 3.8) is 0 Å². The Morgan fingerprint density at radius 2 is 1.95 bits per heavy atom. The van der Waals surface area contributed by atoms with Crippen molar-refractivity contribution in [2.75, 3.05) is 5.73 Å². The third-order valence-electron chi connectivity index (χ3n) is 3.69. The van der Waals surface area contributed by atoms with Gasteiger partial charge in [0.05, 0.1) is 16.6 Å². The molecule has 0 spiro atoms. The Kier molecular flexibility index (Phi) is 4.74. The fraction of sp³-hybridized carbons (Fsp3) is 0.235. The van der Waals surface area contributed by atoms with Crippen LogP contribution in [-0.4, -0.2) is 4.92 Å². The third kappa shape index (κ3) is 3.07. The molecule has 0 radical (unpaired) electrons. The monoisotopic (exact) mass is 295 g/mol. The molecular formula is C17H17N3O2. The van der Waals surface area contributed by atoms with Crippen molar-refractivity contribution in [2.45, 2.75) is 25.7 Å². The average molecular weight is 295 g/mol. The molecule has 0 bridgehead atoms. The van der Waals surface area contributed by atoms with Crippen LogP contribution in [0.2, 0.25) is 0 Å². The SMILES string of the molecule is CCCC(c1ccc([N+](=O)[O-])cc1)c1c(N)cccc1C#N. The van der Waals surface area contributed by atoms with E-state index in [0.717, 1.165) is 24.0 Å². The lowest BCUT2D eigenvalue weighted by Crippen LogP contribution is -2.07. The van der Waals surface area contributed by atoms with Crippen LogP contribution < -0.4 is 5.73 Å². The molecule has 0 fully saturated rings. The molecule has 1 unspecified atom stereocenters. The summed E-state index contributed by atoms with van der Waals surface area (Å²) in [4.78, 5) is 10.4. The van der Waals surface area contributed by atoms with Crippen LogP contribution in [0, 0.1) is 21.4 Å². The number of hydrogen-bond donors (Lipinski definition) is 1. The average Bonchev–Trinajstić information content (AvgIpc) is 2.53. The number of nitrogens with two attached hydrogens (primary N) is 1. The fourth-order valence-corrected chi connectivity index (χ4v) is 2.66. The van der Waals surface area contributed by atoms with E-state index in [0.29, 0.717) is 11.3 Å². The molecular weight excluding hydrogens is 278 g/mol. The number of nitro groups is 1. The lowest BCUT2D eigenvalue weighted by atomic mass is 9.84. The highest BCUT2D eigenvalue weighted by Crippen LogP contribution is 2.35. The van der Waals surface area contributed by atoms with E-state index < -0.39 is 4.92 Å². The quantitative estimate of drug-likeness (QED) is 0.513. The van der Waals surface area contributed by atoms with Crippen molar-refractivity contribution >= 4 is 11.4 Å². The largest absolute Gasteiger partial charge is 0.398 e. The van der Waals surface area contributed by atoms with Crippen molar-refractivity contribution in [1.82, 2.24) is 0 Å². The van der Waals surface area contributed by atoms with E-state index >= 15 is 0 Å². The number of benzene rings is 2. The Morgan fingerprint density at radius 3 is 2.50 bits per heavy atom. The van der Waals surface area contributed by atoms with Gasteiger partial charge in [0.1, 0.15) is 0 Å². The normalized spacial score (nSPS) is 11.6. The van der Waals surface area contributed by atoms with E-state index in [1.807, 2.05) is 0 Å². The summed E-state index contributed by atoms with van der Waals surface area (Å²) >= 11 is 0. The zero-order chi connectivity index (χ0) is 16.1. The first kappa shape index (κ1) is 15.5. The maximum atomic E-state index is 10.8. The molecule has 2 aromatic carbocycles. The van der Waals surface area contributed by atoms with Crippen molar-refractivity contribution in [3.8, 4) is 6.07 Å². The van der Waals surface area contributed by atoms with Gasteiger partial charge in [0.15, 0.2) is 0 Å². The topological polar surface area (TPSA) is 92.9 Å². The second-order valence-electron chi connectivity index (χ2n) is 5.11. The van der Waals surface area contributed by atoms with Crippen LogP contribution in [0.5, 0.6) is 0 Å². The van der Waals surface area contributed by atoms with Crippen LogP contribution in [0.1, 0.15) is 42.4 Å². The van der Waals surface area contributed by atoms with Crippen molar-refractivity contribution in [3.05, 3.63) is 69.3 Å². The van der Waals surface area contributed by atoms with Crippen LogP contribution in [-0.2, 0) is 0 Å². The number of nitro benzene ring substituents is 1. The molecule has 0 aliphatic heterocycles. The predicted molar refractivity (Wildman–Crippen MR) is 85.4 cm³/mol. The minimum Gasteiger partial charge on any atom is -0.398 e. The van der Waals surface area contributed by atoms with E-state index in [4.69, 9.17) is 5.73 Å². The van der Waals surface area contributed by atoms with Crippen LogP contribution >= 0.6 is 0 Å². The van der Waals surface area contributed by atoms with Gasteiger partial charge in [0, 0.05) is 29.3 Å². The van der Waals surface area contributed by atoms with Crippen molar-refractivity contribution in [1.29, 1.82) is 5.26 Å². The van der Waals surface area contributed by atoms with Gasteiger partial charge >= 0.3 is 0 Å². The summed E-state index contributed by atoms with van der Waals surface area (Å²) in [6.45, 7) is 2.06. The number of anilines is 1.